The number of rotatable bonds is 0. The molecule has 0 N–H and O–H groups in total. The molecule has 1 aromatic rings. The van der Waals surface area contributed by atoms with E-state index in [1.54, 1.807) is 5.56 Å². The van der Waals surface area contributed by atoms with E-state index in [1.165, 1.54) is 28.4 Å². The summed E-state index contributed by atoms with van der Waals surface area (Å²) in [4.78, 5) is 0. The molecule has 0 amide bonds. The molecule has 0 fully saturated rings. The van der Waals surface area contributed by atoms with E-state index in [2.05, 4.69) is 41.9 Å². The molecule has 0 bridgehead atoms. The molecule has 0 heterocycles. The topological polar surface area (TPSA) is 0 Å². The second-order valence-electron chi connectivity index (χ2n) is 3.90. The van der Waals surface area contributed by atoms with Gasteiger partial charge in [-0.25, -0.2) is 0 Å². The summed E-state index contributed by atoms with van der Waals surface area (Å²) in [6.07, 6.45) is 2.51. The van der Waals surface area contributed by atoms with Gasteiger partial charge in [0.15, 0.2) is 0 Å². The third-order valence-corrected chi connectivity index (χ3v) is 3.26. The highest BCUT2D eigenvalue weighted by Crippen LogP contribution is 2.33. The fraction of sp³-hybridized carbons (Fsp3) is 0.455. The monoisotopic (exact) mass is 224 g/mol. The van der Waals surface area contributed by atoms with Crippen LogP contribution in [0.25, 0.3) is 0 Å². The van der Waals surface area contributed by atoms with Crippen LogP contribution in [-0.2, 0) is 12.8 Å². The highest BCUT2D eigenvalue weighted by atomic mass is 79.9. The standard InChI is InChI=1S/C11H13Br/c1-7-3-9-4-8(2)6-11(12)10(9)5-7/h4,6-7H,3,5H2,1-2H3. The Kier molecular flexibility index (Phi) is 1.99. The normalized spacial score (nSPS) is 21.1. The molecule has 0 saturated heterocycles. The largest absolute Gasteiger partial charge is 0.0619 e. The highest BCUT2D eigenvalue weighted by Gasteiger charge is 2.19. The first kappa shape index (κ1) is 8.31. The van der Waals surface area contributed by atoms with Gasteiger partial charge in [-0.1, -0.05) is 28.9 Å². The summed E-state index contributed by atoms with van der Waals surface area (Å²) < 4.78 is 1.31. The first-order valence-electron chi connectivity index (χ1n) is 4.44. The Morgan fingerprint density at radius 1 is 1.33 bits per heavy atom. The van der Waals surface area contributed by atoms with Gasteiger partial charge < -0.3 is 0 Å². The van der Waals surface area contributed by atoms with Gasteiger partial charge in [-0.15, -0.1) is 0 Å². The van der Waals surface area contributed by atoms with E-state index < -0.39 is 0 Å². The number of halogens is 1. The van der Waals surface area contributed by atoms with Gasteiger partial charge in [-0.3, -0.25) is 0 Å². The van der Waals surface area contributed by atoms with E-state index in [0.717, 1.165) is 5.92 Å². The molecule has 1 aromatic carbocycles. The fourth-order valence-electron chi connectivity index (χ4n) is 2.05. The van der Waals surface area contributed by atoms with Crippen LogP contribution in [0.1, 0.15) is 23.6 Å². The molecule has 1 atom stereocenters. The quantitative estimate of drug-likeness (QED) is 0.634. The third kappa shape index (κ3) is 1.31. The molecule has 0 spiro atoms. The number of aryl methyl sites for hydroxylation is 1. The van der Waals surface area contributed by atoms with Gasteiger partial charge in [0.1, 0.15) is 0 Å². The van der Waals surface area contributed by atoms with Gasteiger partial charge in [0.2, 0.25) is 0 Å². The van der Waals surface area contributed by atoms with Crippen LogP contribution in [-0.4, -0.2) is 0 Å². The first-order valence-corrected chi connectivity index (χ1v) is 5.24. The molecule has 1 unspecified atom stereocenters. The second-order valence-corrected chi connectivity index (χ2v) is 4.75. The van der Waals surface area contributed by atoms with Gasteiger partial charge in [0, 0.05) is 4.47 Å². The van der Waals surface area contributed by atoms with Gasteiger partial charge in [-0.05, 0) is 48.4 Å². The van der Waals surface area contributed by atoms with Gasteiger partial charge in [0.25, 0.3) is 0 Å². The Labute approximate surface area is 82.1 Å². The summed E-state index contributed by atoms with van der Waals surface area (Å²) in [5, 5.41) is 0. The molecule has 0 aromatic heterocycles. The summed E-state index contributed by atoms with van der Waals surface area (Å²) in [5.41, 5.74) is 4.46. The Balaban J connectivity index is 2.52. The predicted molar refractivity (Wildman–Crippen MR) is 55.5 cm³/mol. The van der Waals surface area contributed by atoms with Crippen LogP contribution in [0.15, 0.2) is 16.6 Å². The van der Waals surface area contributed by atoms with Crippen molar-refractivity contribution in [2.75, 3.05) is 0 Å². The van der Waals surface area contributed by atoms with Crippen LogP contribution in [0.3, 0.4) is 0 Å². The van der Waals surface area contributed by atoms with Crippen molar-refractivity contribution in [1.82, 2.24) is 0 Å². The third-order valence-electron chi connectivity index (χ3n) is 2.55. The van der Waals surface area contributed by atoms with E-state index in [9.17, 15) is 0 Å². The Morgan fingerprint density at radius 2 is 2.08 bits per heavy atom. The van der Waals surface area contributed by atoms with Gasteiger partial charge >= 0.3 is 0 Å². The molecular formula is C11H13Br. The Hall–Kier alpha value is -0.300. The molecule has 12 heavy (non-hydrogen) atoms. The van der Waals surface area contributed by atoms with Crippen LogP contribution in [0, 0.1) is 12.8 Å². The smallest absolute Gasteiger partial charge is 0.0212 e. The molecule has 64 valence electrons. The van der Waals surface area contributed by atoms with Crippen molar-refractivity contribution >= 4 is 15.9 Å². The summed E-state index contributed by atoms with van der Waals surface area (Å²) in [7, 11) is 0. The van der Waals surface area contributed by atoms with Gasteiger partial charge in [-0.2, -0.15) is 0 Å². The van der Waals surface area contributed by atoms with Crippen molar-refractivity contribution in [2.24, 2.45) is 5.92 Å². The maximum atomic E-state index is 3.63. The minimum atomic E-state index is 0.832. The SMILES string of the molecule is Cc1cc(Br)c2c(c1)CC(C)C2. The fourth-order valence-corrected chi connectivity index (χ4v) is 2.83. The van der Waals surface area contributed by atoms with Crippen LogP contribution in [0.4, 0.5) is 0 Å². The van der Waals surface area contributed by atoms with Crippen LogP contribution >= 0.6 is 15.9 Å². The maximum absolute atomic E-state index is 3.63. The predicted octanol–water partition coefficient (Wildman–Crippen LogP) is 3.49. The zero-order chi connectivity index (χ0) is 8.72. The van der Waals surface area contributed by atoms with Crippen LogP contribution in [0.5, 0.6) is 0 Å². The Bertz CT molecular complexity index is 315. The lowest BCUT2D eigenvalue weighted by Crippen LogP contribution is -1.89. The molecule has 1 aliphatic carbocycles. The van der Waals surface area contributed by atoms with Gasteiger partial charge in [0.05, 0.1) is 0 Å². The first-order chi connectivity index (χ1) is 5.66. The van der Waals surface area contributed by atoms with Crippen molar-refractivity contribution in [3.63, 3.8) is 0 Å². The summed E-state index contributed by atoms with van der Waals surface area (Å²) in [6.45, 7) is 4.48. The second kappa shape index (κ2) is 2.88. The van der Waals surface area contributed by atoms with Crippen molar-refractivity contribution < 1.29 is 0 Å². The lowest BCUT2D eigenvalue weighted by atomic mass is 10.1. The lowest BCUT2D eigenvalue weighted by Gasteiger charge is -2.03. The van der Waals surface area contributed by atoms with Crippen molar-refractivity contribution in [1.29, 1.82) is 0 Å². The minimum Gasteiger partial charge on any atom is -0.0619 e. The number of benzene rings is 1. The average molecular weight is 225 g/mol. The van der Waals surface area contributed by atoms with Crippen LogP contribution < -0.4 is 0 Å². The van der Waals surface area contributed by atoms with E-state index in [-0.39, 0.29) is 0 Å². The molecule has 1 aliphatic rings. The molecule has 1 heteroatoms. The molecular weight excluding hydrogens is 212 g/mol. The van der Waals surface area contributed by atoms with E-state index in [0.29, 0.717) is 0 Å². The van der Waals surface area contributed by atoms with E-state index >= 15 is 0 Å². The van der Waals surface area contributed by atoms with Crippen molar-refractivity contribution in [2.45, 2.75) is 26.7 Å². The summed E-state index contributed by atoms with van der Waals surface area (Å²) in [6, 6.07) is 4.54. The maximum Gasteiger partial charge on any atom is 0.0212 e. The number of hydrogen-bond acceptors (Lipinski definition) is 0. The van der Waals surface area contributed by atoms with E-state index in [4.69, 9.17) is 0 Å². The van der Waals surface area contributed by atoms with E-state index in [1.807, 2.05) is 0 Å². The molecule has 0 radical (unpaired) electrons. The summed E-state index contributed by atoms with van der Waals surface area (Å²) >= 11 is 3.63. The zero-order valence-corrected chi connectivity index (χ0v) is 9.11. The van der Waals surface area contributed by atoms with Crippen LogP contribution in [0.2, 0.25) is 0 Å². The molecule has 0 saturated carbocycles. The molecule has 2 rings (SSSR count). The number of fused-ring (bicyclic) bond motifs is 1. The molecule has 0 aliphatic heterocycles. The zero-order valence-electron chi connectivity index (χ0n) is 7.52. The Morgan fingerprint density at radius 3 is 2.83 bits per heavy atom. The van der Waals surface area contributed by atoms with Crippen molar-refractivity contribution in [3.8, 4) is 0 Å². The lowest BCUT2D eigenvalue weighted by molar-refractivity contribution is 0.627. The van der Waals surface area contributed by atoms with Crippen molar-refractivity contribution in [3.05, 3.63) is 33.3 Å². The highest BCUT2D eigenvalue weighted by molar-refractivity contribution is 9.10. The summed E-state index contributed by atoms with van der Waals surface area (Å²) in [5.74, 6) is 0.832. The average Bonchev–Trinajstić information content (AvgIpc) is 2.29. The number of hydrogen-bond donors (Lipinski definition) is 0. The molecule has 0 nitrogen and oxygen atoms in total. The minimum absolute atomic E-state index is 0.832.